The zero-order valence-electron chi connectivity index (χ0n) is 19.2. The van der Waals surface area contributed by atoms with Crippen molar-refractivity contribution in [2.45, 2.75) is 51.7 Å². The largest absolute Gasteiger partial charge is 0.383 e. The van der Waals surface area contributed by atoms with Crippen LogP contribution in [-0.2, 0) is 21.5 Å². The number of rotatable bonds is 5. The Bertz CT molecular complexity index is 1070. The van der Waals surface area contributed by atoms with Crippen molar-refractivity contribution in [3.05, 3.63) is 64.7 Å². The van der Waals surface area contributed by atoms with Crippen LogP contribution in [0.4, 0.5) is 5.69 Å². The van der Waals surface area contributed by atoms with Gasteiger partial charge in [-0.1, -0.05) is 29.8 Å². The molecular weight excluding hydrogens is 402 g/mol. The zero-order valence-corrected chi connectivity index (χ0v) is 19.2. The maximum atomic E-state index is 13.4. The highest BCUT2D eigenvalue weighted by molar-refractivity contribution is 6.30. The van der Waals surface area contributed by atoms with Crippen molar-refractivity contribution >= 4 is 23.7 Å². The summed E-state index contributed by atoms with van der Waals surface area (Å²) in [4.78, 5) is 41.3. The molecule has 2 aromatic rings. The van der Waals surface area contributed by atoms with E-state index in [-0.39, 0.29) is 18.0 Å². The van der Waals surface area contributed by atoms with Gasteiger partial charge in [-0.2, -0.15) is 0 Å². The van der Waals surface area contributed by atoms with E-state index in [2.05, 4.69) is 55.3 Å². The van der Waals surface area contributed by atoms with Crippen LogP contribution in [-0.4, -0.2) is 59.5 Å². The summed E-state index contributed by atoms with van der Waals surface area (Å²) in [6, 6.07) is 14.3. The molecule has 1 amide bonds. The molecule has 3 atom stereocenters. The molecule has 6 heteroatoms. The Morgan fingerprint density at radius 1 is 1.12 bits per heavy atom. The van der Waals surface area contributed by atoms with Crippen molar-refractivity contribution < 1.29 is 14.4 Å². The van der Waals surface area contributed by atoms with Crippen molar-refractivity contribution in [2.75, 3.05) is 25.0 Å². The number of hydrogen-bond acceptors (Lipinski definition) is 5. The average Bonchev–Trinajstić information content (AvgIpc) is 3.12. The number of ketones is 1. The summed E-state index contributed by atoms with van der Waals surface area (Å²) in [5.74, 6) is -0.504. The molecule has 0 bridgehead atoms. The summed E-state index contributed by atoms with van der Waals surface area (Å²) in [5.41, 5.74) is 3.70. The number of aryl methyl sites for hydroxylation is 1. The number of aldehydes is 1. The molecule has 0 spiro atoms. The van der Waals surface area contributed by atoms with E-state index in [0.29, 0.717) is 24.9 Å². The number of nitrogens with one attached hydrogen (secondary N) is 1. The molecule has 0 saturated carbocycles. The number of anilines is 1. The van der Waals surface area contributed by atoms with Gasteiger partial charge < -0.3 is 10.2 Å². The SMILES string of the molecule is Cc1cccc(CN2CC(C)N(C(=O)c3ccc4c(c3)C(C)(C(=O)C=O)CN4)CC2C)c1. The topological polar surface area (TPSA) is 69.7 Å². The number of carbonyl (C=O) groups is 3. The van der Waals surface area contributed by atoms with Gasteiger partial charge in [-0.3, -0.25) is 19.3 Å². The number of piperazine rings is 1. The Kier molecular flexibility index (Phi) is 5.91. The highest BCUT2D eigenvalue weighted by Crippen LogP contribution is 2.38. The highest BCUT2D eigenvalue weighted by atomic mass is 16.2. The molecule has 1 N–H and O–H groups in total. The first-order valence-electron chi connectivity index (χ1n) is 11.2. The number of amides is 1. The van der Waals surface area contributed by atoms with Gasteiger partial charge in [0.1, 0.15) is 0 Å². The third-order valence-corrected chi connectivity index (χ3v) is 6.99. The maximum absolute atomic E-state index is 13.4. The van der Waals surface area contributed by atoms with Gasteiger partial charge in [0.15, 0.2) is 6.29 Å². The fourth-order valence-electron chi connectivity index (χ4n) is 4.92. The van der Waals surface area contributed by atoms with E-state index in [1.165, 1.54) is 11.1 Å². The number of carbonyl (C=O) groups excluding carboxylic acids is 3. The molecule has 4 rings (SSSR count). The second kappa shape index (κ2) is 8.51. The maximum Gasteiger partial charge on any atom is 0.254 e. The van der Waals surface area contributed by atoms with Crippen LogP contribution in [0.3, 0.4) is 0 Å². The lowest BCUT2D eigenvalue weighted by atomic mass is 9.80. The number of nitrogens with zero attached hydrogens (tertiary/aromatic N) is 2. The van der Waals surface area contributed by atoms with Crippen molar-refractivity contribution in [1.29, 1.82) is 0 Å². The quantitative estimate of drug-likeness (QED) is 0.579. The lowest BCUT2D eigenvalue weighted by Gasteiger charge is -2.44. The van der Waals surface area contributed by atoms with Crippen LogP contribution >= 0.6 is 0 Å². The summed E-state index contributed by atoms with van der Waals surface area (Å²) in [6.07, 6.45) is 0.377. The summed E-state index contributed by atoms with van der Waals surface area (Å²) < 4.78 is 0. The second-order valence-corrected chi connectivity index (χ2v) is 9.50. The van der Waals surface area contributed by atoms with Gasteiger partial charge in [0, 0.05) is 49.5 Å². The first-order chi connectivity index (χ1) is 15.2. The molecule has 32 heavy (non-hydrogen) atoms. The minimum Gasteiger partial charge on any atom is -0.383 e. The molecule has 2 aromatic carbocycles. The predicted molar refractivity (Wildman–Crippen MR) is 125 cm³/mol. The van der Waals surface area contributed by atoms with Gasteiger partial charge in [-0.05, 0) is 57.0 Å². The van der Waals surface area contributed by atoms with Crippen LogP contribution in [0, 0.1) is 6.92 Å². The molecule has 2 aliphatic heterocycles. The fraction of sp³-hybridized carbons (Fsp3) is 0.423. The third kappa shape index (κ3) is 3.95. The molecule has 2 aliphatic rings. The fourth-order valence-corrected chi connectivity index (χ4v) is 4.92. The Balaban J connectivity index is 1.52. The van der Waals surface area contributed by atoms with Crippen molar-refractivity contribution in [3.63, 3.8) is 0 Å². The minimum atomic E-state index is -0.932. The van der Waals surface area contributed by atoms with Crippen LogP contribution in [0.15, 0.2) is 42.5 Å². The van der Waals surface area contributed by atoms with Crippen LogP contribution in [0.1, 0.15) is 47.8 Å². The van der Waals surface area contributed by atoms with E-state index in [4.69, 9.17) is 0 Å². The van der Waals surface area contributed by atoms with Crippen molar-refractivity contribution in [3.8, 4) is 0 Å². The van der Waals surface area contributed by atoms with Gasteiger partial charge in [-0.25, -0.2) is 0 Å². The third-order valence-electron chi connectivity index (χ3n) is 6.99. The lowest BCUT2D eigenvalue weighted by Crippen LogP contribution is -2.57. The van der Waals surface area contributed by atoms with Crippen LogP contribution < -0.4 is 5.32 Å². The minimum absolute atomic E-state index is 0.0323. The van der Waals surface area contributed by atoms with Gasteiger partial charge in [0.25, 0.3) is 5.91 Å². The van der Waals surface area contributed by atoms with Gasteiger partial charge in [-0.15, -0.1) is 0 Å². The first-order valence-corrected chi connectivity index (χ1v) is 11.2. The number of Topliss-reactive ketones (excluding diaryl/α,β-unsaturated/α-hetero) is 1. The lowest BCUT2D eigenvalue weighted by molar-refractivity contribution is -0.132. The second-order valence-electron chi connectivity index (χ2n) is 9.50. The number of benzene rings is 2. The Labute approximate surface area is 189 Å². The summed E-state index contributed by atoms with van der Waals surface area (Å²) in [7, 11) is 0. The molecule has 3 unspecified atom stereocenters. The average molecular weight is 434 g/mol. The van der Waals surface area contributed by atoms with Crippen molar-refractivity contribution in [2.24, 2.45) is 0 Å². The molecular formula is C26H31N3O3. The van der Waals surface area contributed by atoms with E-state index >= 15 is 0 Å². The molecule has 2 heterocycles. The molecule has 0 radical (unpaired) electrons. The molecule has 6 nitrogen and oxygen atoms in total. The Morgan fingerprint density at radius 3 is 2.62 bits per heavy atom. The molecule has 1 fully saturated rings. The van der Waals surface area contributed by atoms with E-state index < -0.39 is 11.2 Å². The number of fused-ring (bicyclic) bond motifs is 1. The van der Waals surface area contributed by atoms with Crippen molar-refractivity contribution in [1.82, 2.24) is 9.80 Å². The Morgan fingerprint density at radius 2 is 1.91 bits per heavy atom. The zero-order chi connectivity index (χ0) is 23.0. The highest BCUT2D eigenvalue weighted by Gasteiger charge is 2.41. The first kappa shape index (κ1) is 22.2. The molecule has 1 saturated heterocycles. The van der Waals surface area contributed by atoms with E-state index in [1.54, 1.807) is 13.0 Å². The standard InChI is InChI=1S/C26H31N3O3/c1-17-6-5-7-20(10-17)14-28-12-19(3)29(13-18(28)2)25(32)21-8-9-23-22(11-21)26(4,16-27-23)24(31)15-30/h5-11,15,18-19,27H,12-14,16H2,1-4H3. The molecule has 168 valence electrons. The summed E-state index contributed by atoms with van der Waals surface area (Å²) in [6.45, 7) is 10.8. The van der Waals surface area contributed by atoms with Crippen LogP contribution in [0.5, 0.6) is 0 Å². The van der Waals surface area contributed by atoms with Crippen LogP contribution in [0.2, 0.25) is 0 Å². The Hall–Kier alpha value is -2.99. The monoisotopic (exact) mass is 433 g/mol. The van der Waals surface area contributed by atoms with Gasteiger partial charge >= 0.3 is 0 Å². The smallest absolute Gasteiger partial charge is 0.254 e. The summed E-state index contributed by atoms with van der Waals surface area (Å²) in [5, 5.41) is 3.19. The van der Waals surface area contributed by atoms with Gasteiger partial charge in [0.2, 0.25) is 5.78 Å². The van der Waals surface area contributed by atoms with Gasteiger partial charge in [0.05, 0.1) is 5.41 Å². The normalized spacial score (nSPS) is 25.2. The molecule has 0 aromatic heterocycles. The van der Waals surface area contributed by atoms with E-state index in [0.717, 1.165) is 24.3 Å². The van der Waals surface area contributed by atoms with Crippen LogP contribution in [0.25, 0.3) is 0 Å². The summed E-state index contributed by atoms with van der Waals surface area (Å²) >= 11 is 0. The number of hydrogen-bond donors (Lipinski definition) is 1. The van der Waals surface area contributed by atoms with E-state index in [1.807, 2.05) is 17.0 Å². The predicted octanol–water partition coefficient (Wildman–Crippen LogP) is 3.18. The van der Waals surface area contributed by atoms with E-state index in [9.17, 15) is 14.4 Å². The molecule has 0 aliphatic carbocycles.